The zero-order valence-electron chi connectivity index (χ0n) is 9.74. The number of allylic oxidation sites excluding steroid dienone is 1. The molecule has 0 unspecified atom stereocenters. The summed E-state index contributed by atoms with van der Waals surface area (Å²) in [6.07, 6.45) is 8.48. The first-order valence-corrected chi connectivity index (χ1v) is 6.22. The van der Waals surface area contributed by atoms with Gasteiger partial charge in [0, 0.05) is 32.4 Å². The maximum Gasteiger partial charge on any atom is 0.108 e. The molecule has 2 aliphatic rings. The van der Waals surface area contributed by atoms with Gasteiger partial charge in [-0.1, -0.05) is 0 Å². The van der Waals surface area contributed by atoms with Gasteiger partial charge >= 0.3 is 0 Å². The van der Waals surface area contributed by atoms with Gasteiger partial charge < -0.3 is 20.4 Å². The molecular formula is C12H21N3O. The minimum atomic E-state index is 0.387. The van der Waals surface area contributed by atoms with Gasteiger partial charge in [0.1, 0.15) is 6.26 Å². The molecule has 0 aromatic heterocycles. The number of nitrogens with zero attached hydrogens (tertiary/aromatic N) is 1. The van der Waals surface area contributed by atoms with Crippen LogP contribution in [-0.4, -0.2) is 43.4 Å². The smallest absolute Gasteiger partial charge is 0.108 e. The Labute approximate surface area is 97.2 Å². The lowest BCUT2D eigenvalue weighted by molar-refractivity contribution is 0.143. The highest BCUT2D eigenvalue weighted by molar-refractivity contribution is 5.74. The molecule has 4 heteroatoms. The van der Waals surface area contributed by atoms with Crippen molar-refractivity contribution in [3.05, 3.63) is 12.0 Å². The van der Waals surface area contributed by atoms with E-state index in [1.165, 1.54) is 31.9 Å². The van der Waals surface area contributed by atoms with Crippen molar-refractivity contribution in [1.82, 2.24) is 10.2 Å². The molecule has 2 N–H and O–H groups in total. The second-order valence-corrected chi connectivity index (χ2v) is 4.47. The van der Waals surface area contributed by atoms with Crippen molar-refractivity contribution in [2.75, 3.05) is 26.2 Å². The van der Waals surface area contributed by atoms with E-state index in [4.69, 9.17) is 10.1 Å². The average molecular weight is 223 g/mol. The van der Waals surface area contributed by atoms with Gasteiger partial charge in [-0.3, -0.25) is 0 Å². The Hall–Kier alpha value is -1.03. The second kappa shape index (κ2) is 5.89. The average Bonchev–Trinajstić information content (AvgIpc) is 2.84. The molecule has 1 aliphatic heterocycles. The molecular weight excluding hydrogens is 202 g/mol. The third-order valence-corrected chi connectivity index (χ3v) is 3.31. The Morgan fingerprint density at radius 2 is 1.94 bits per heavy atom. The largest absolute Gasteiger partial charge is 0.496 e. The Morgan fingerprint density at radius 1 is 1.25 bits per heavy atom. The summed E-state index contributed by atoms with van der Waals surface area (Å²) < 4.78 is 5.73. The number of ether oxygens (including phenoxy) is 1. The first kappa shape index (κ1) is 11.5. The summed E-state index contributed by atoms with van der Waals surface area (Å²) in [6.45, 7) is 3.92. The van der Waals surface area contributed by atoms with E-state index >= 15 is 0 Å². The van der Waals surface area contributed by atoms with Crippen LogP contribution in [0, 0.1) is 5.41 Å². The van der Waals surface area contributed by atoms with E-state index in [0.717, 1.165) is 31.9 Å². The van der Waals surface area contributed by atoms with Crippen LogP contribution in [0.5, 0.6) is 0 Å². The van der Waals surface area contributed by atoms with Crippen LogP contribution in [0.25, 0.3) is 0 Å². The highest BCUT2D eigenvalue weighted by atomic mass is 16.5. The van der Waals surface area contributed by atoms with Crippen LogP contribution in [0.4, 0.5) is 0 Å². The van der Waals surface area contributed by atoms with Crippen molar-refractivity contribution in [2.24, 2.45) is 0 Å². The predicted molar refractivity (Wildman–Crippen MR) is 64.7 cm³/mol. The van der Waals surface area contributed by atoms with Gasteiger partial charge in [-0.15, -0.1) is 0 Å². The number of hydrogen-bond acceptors (Lipinski definition) is 4. The first-order valence-electron chi connectivity index (χ1n) is 6.22. The Balaban J connectivity index is 1.86. The van der Waals surface area contributed by atoms with Crippen molar-refractivity contribution < 1.29 is 4.74 Å². The lowest BCUT2D eigenvalue weighted by atomic mass is 10.3. The molecule has 0 atom stereocenters. The van der Waals surface area contributed by atoms with Gasteiger partial charge in [0.2, 0.25) is 0 Å². The molecule has 2 rings (SSSR count). The molecule has 2 fully saturated rings. The van der Waals surface area contributed by atoms with Crippen LogP contribution in [0.15, 0.2) is 12.0 Å². The van der Waals surface area contributed by atoms with E-state index < -0.39 is 0 Å². The summed E-state index contributed by atoms with van der Waals surface area (Å²) >= 11 is 0. The summed E-state index contributed by atoms with van der Waals surface area (Å²) in [6, 6.07) is 0. The topological polar surface area (TPSA) is 48.4 Å². The maximum atomic E-state index is 7.43. The van der Waals surface area contributed by atoms with E-state index in [1.54, 1.807) is 6.26 Å². The summed E-state index contributed by atoms with van der Waals surface area (Å²) in [7, 11) is 0. The van der Waals surface area contributed by atoms with Gasteiger partial charge in [-0.2, -0.15) is 0 Å². The lowest BCUT2D eigenvalue weighted by Gasteiger charge is -2.29. The standard InChI is InChI=1S/C12H21N3O/c13-9-11(15-7-5-14-6-8-15)10-16-12-3-1-2-4-12/h9-10,12-14H,1-8H2. The lowest BCUT2D eigenvalue weighted by Crippen LogP contribution is -2.43. The maximum absolute atomic E-state index is 7.43. The molecule has 0 aromatic carbocycles. The van der Waals surface area contributed by atoms with Crippen LogP contribution < -0.4 is 5.32 Å². The van der Waals surface area contributed by atoms with Crippen molar-refractivity contribution in [3.63, 3.8) is 0 Å². The van der Waals surface area contributed by atoms with E-state index in [-0.39, 0.29) is 0 Å². The minimum absolute atomic E-state index is 0.387. The molecule has 1 aliphatic carbocycles. The van der Waals surface area contributed by atoms with E-state index in [9.17, 15) is 0 Å². The predicted octanol–water partition coefficient (Wildman–Crippen LogP) is 1.34. The number of hydrogen-bond donors (Lipinski definition) is 2. The summed E-state index contributed by atoms with van der Waals surface area (Å²) in [5, 5.41) is 10.7. The summed E-state index contributed by atoms with van der Waals surface area (Å²) in [5.41, 5.74) is 0.911. The SMILES string of the molecule is N=CC(=COC1CCCC1)N1CCNCC1. The molecule has 16 heavy (non-hydrogen) atoms. The molecule has 0 amide bonds. The van der Waals surface area contributed by atoms with E-state index in [1.807, 2.05) is 0 Å². The van der Waals surface area contributed by atoms with Crippen molar-refractivity contribution in [2.45, 2.75) is 31.8 Å². The van der Waals surface area contributed by atoms with Crippen molar-refractivity contribution >= 4 is 6.21 Å². The van der Waals surface area contributed by atoms with E-state index in [2.05, 4.69) is 10.2 Å². The molecule has 0 aromatic rings. The number of nitrogens with one attached hydrogen (secondary N) is 2. The highest BCUT2D eigenvalue weighted by Gasteiger charge is 2.16. The van der Waals surface area contributed by atoms with Gasteiger partial charge in [0.05, 0.1) is 11.8 Å². The second-order valence-electron chi connectivity index (χ2n) is 4.47. The monoisotopic (exact) mass is 223 g/mol. The Bertz CT molecular complexity index is 253. The third kappa shape index (κ3) is 2.98. The molecule has 0 spiro atoms. The minimum Gasteiger partial charge on any atom is -0.496 e. The summed E-state index contributed by atoms with van der Waals surface area (Å²) in [4.78, 5) is 2.21. The molecule has 90 valence electrons. The highest BCUT2D eigenvalue weighted by Crippen LogP contribution is 2.21. The van der Waals surface area contributed by atoms with Gasteiger partial charge in [0.15, 0.2) is 0 Å². The van der Waals surface area contributed by atoms with Crippen molar-refractivity contribution in [3.8, 4) is 0 Å². The van der Waals surface area contributed by atoms with Crippen LogP contribution in [0.1, 0.15) is 25.7 Å². The molecule has 1 saturated heterocycles. The van der Waals surface area contributed by atoms with Gasteiger partial charge in [-0.25, -0.2) is 0 Å². The molecule has 0 radical (unpaired) electrons. The van der Waals surface area contributed by atoms with Crippen LogP contribution in [0.3, 0.4) is 0 Å². The molecule has 4 nitrogen and oxygen atoms in total. The third-order valence-electron chi connectivity index (χ3n) is 3.31. The zero-order chi connectivity index (χ0) is 11.2. The summed E-state index contributed by atoms with van der Waals surface area (Å²) in [5.74, 6) is 0. The Kier molecular flexibility index (Phi) is 4.22. The molecule has 0 bridgehead atoms. The fraction of sp³-hybridized carbons (Fsp3) is 0.750. The van der Waals surface area contributed by atoms with Gasteiger partial charge in [0.25, 0.3) is 0 Å². The first-order chi connectivity index (χ1) is 7.90. The van der Waals surface area contributed by atoms with Crippen LogP contribution in [0.2, 0.25) is 0 Å². The van der Waals surface area contributed by atoms with Gasteiger partial charge in [-0.05, 0) is 25.7 Å². The fourth-order valence-corrected chi connectivity index (χ4v) is 2.31. The molecule has 1 saturated carbocycles. The quantitative estimate of drug-likeness (QED) is 0.558. The fourth-order valence-electron chi connectivity index (χ4n) is 2.31. The zero-order valence-corrected chi connectivity index (χ0v) is 9.74. The van der Waals surface area contributed by atoms with Crippen LogP contribution >= 0.6 is 0 Å². The number of piperazine rings is 1. The molecule has 1 heterocycles. The van der Waals surface area contributed by atoms with E-state index in [0.29, 0.717) is 6.10 Å². The Morgan fingerprint density at radius 3 is 2.56 bits per heavy atom. The van der Waals surface area contributed by atoms with Crippen LogP contribution in [-0.2, 0) is 4.74 Å². The normalized spacial score (nSPS) is 23.5. The number of rotatable bonds is 4. The van der Waals surface area contributed by atoms with Crippen molar-refractivity contribution in [1.29, 1.82) is 5.41 Å².